The lowest BCUT2D eigenvalue weighted by molar-refractivity contribution is -0.154. The Kier molecular flexibility index (Phi) is 5.25. The van der Waals surface area contributed by atoms with Crippen molar-refractivity contribution in [3.63, 3.8) is 0 Å². The van der Waals surface area contributed by atoms with Crippen molar-refractivity contribution >= 4 is 17.6 Å². The van der Waals surface area contributed by atoms with Gasteiger partial charge in [0.15, 0.2) is 6.10 Å². The van der Waals surface area contributed by atoms with E-state index in [-0.39, 0.29) is 13.2 Å². The van der Waals surface area contributed by atoms with Gasteiger partial charge in [-0.15, -0.1) is 0 Å². The van der Waals surface area contributed by atoms with Gasteiger partial charge >= 0.3 is 5.97 Å². The number of halogens is 1. The lowest BCUT2D eigenvalue weighted by Crippen LogP contribution is -2.28. The molecule has 1 unspecified atom stereocenters. The van der Waals surface area contributed by atoms with E-state index in [4.69, 9.17) is 26.2 Å². The summed E-state index contributed by atoms with van der Waals surface area (Å²) in [7, 11) is 1.43. The van der Waals surface area contributed by atoms with E-state index in [0.717, 1.165) is 5.56 Å². The smallest absolute Gasteiger partial charge is 0.335 e. The fraction of sp³-hybridized carbons (Fsp3) is 0.364. The molecule has 0 bridgehead atoms. The summed E-state index contributed by atoms with van der Waals surface area (Å²) in [5.41, 5.74) is 0.829. The molecule has 88 valence electrons. The second kappa shape index (κ2) is 6.48. The van der Waals surface area contributed by atoms with Gasteiger partial charge < -0.3 is 14.6 Å². The molecule has 0 fully saturated rings. The van der Waals surface area contributed by atoms with Crippen LogP contribution >= 0.6 is 11.6 Å². The molecular formula is C11H13ClO4. The Morgan fingerprint density at radius 2 is 2.31 bits per heavy atom. The Bertz CT molecular complexity index is 354. The van der Waals surface area contributed by atoms with Crippen LogP contribution in [0.5, 0.6) is 0 Å². The molecule has 1 N–H and O–H groups in total. The highest BCUT2D eigenvalue weighted by Gasteiger charge is 2.17. The summed E-state index contributed by atoms with van der Waals surface area (Å²) in [6.45, 7) is 0.219. The van der Waals surface area contributed by atoms with E-state index in [1.54, 1.807) is 18.2 Å². The average molecular weight is 245 g/mol. The number of carboxylic acids is 1. The van der Waals surface area contributed by atoms with Crippen molar-refractivity contribution in [3.05, 3.63) is 34.9 Å². The topological polar surface area (TPSA) is 55.8 Å². The van der Waals surface area contributed by atoms with Gasteiger partial charge in [0.25, 0.3) is 0 Å². The van der Waals surface area contributed by atoms with Crippen molar-refractivity contribution in [3.8, 4) is 0 Å². The maximum Gasteiger partial charge on any atom is 0.335 e. The number of carboxylic acid groups (broad SMARTS) is 1. The molecule has 0 saturated carbocycles. The lowest BCUT2D eigenvalue weighted by atomic mass is 10.2. The van der Waals surface area contributed by atoms with Crippen molar-refractivity contribution in [2.75, 3.05) is 13.7 Å². The van der Waals surface area contributed by atoms with Gasteiger partial charge in [0.1, 0.15) is 0 Å². The van der Waals surface area contributed by atoms with Crippen molar-refractivity contribution in [2.24, 2.45) is 0 Å². The molecule has 16 heavy (non-hydrogen) atoms. The minimum Gasteiger partial charge on any atom is -0.479 e. The number of methoxy groups -OCH3 is 1. The van der Waals surface area contributed by atoms with E-state index < -0.39 is 12.1 Å². The predicted molar refractivity (Wildman–Crippen MR) is 59.5 cm³/mol. The number of ether oxygens (including phenoxy) is 2. The fourth-order valence-corrected chi connectivity index (χ4v) is 1.38. The first-order chi connectivity index (χ1) is 7.63. The number of benzene rings is 1. The predicted octanol–water partition coefficient (Wildman–Crippen LogP) is 1.96. The van der Waals surface area contributed by atoms with Crippen LogP contribution in [-0.4, -0.2) is 30.9 Å². The number of carbonyl (C=O) groups is 1. The summed E-state index contributed by atoms with van der Waals surface area (Å²) in [5.74, 6) is -1.04. The van der Waals surface area contributed by atoms with Gasteiger partial charge in [-0.2, -0.15) is 0 Å². The molecule has 1 aromatic carbocycles. The molecular weight excluding hydrogens is 232 g/mol. The van der Waals surface area contributed by atoms with Gasteiger partial charge in [-0.3, -0.25) is 0 Å². The highest BCUT2D eigenvalue weighted by molar-refractivity contribution is 6.30. The summed E-state index contributed by atoms with van der Waals surface area (Å²) in [6, 6.07) is 7.08. The Balaban J connectivity index is 2.51. The molecule has 0 spiro atoms. The van der Waals surface area contributed by atoms with Crippen LogP contribution in [0.25, 0.3) is 0 Å². The van der Waals surface area contributed by atoms with Crippen LogP contribution < -0.4 is 0 Å². The van der Waals surface area contributed by atoms with Gasteiger partial charge in [-0.05, 0) is 17.7 Å². The minimum atomic E-state index is -1.04. The molecule has 4 nitrogen and oxygen atoms in total. The standard InChI is InChI=1S/C11H13ClO4/c1-15-7-10(11(13)14)16-6-8-3-2-4-9(12)5-8/h2-5,10H,6-7H2,1H3,(H,13,14). The van der Waals surface area contributed by atoms with Crippen molar-refractivity contribution in [1.82, 2.24) is 0 Å². The highest BCUT2D eigenvalue weighted by Crippen LogP contribution is 2.12. The maximum atomic E-state index is 10.7. The minimum absolute atomic E-state index is 0.0237. The SMILES string of the molecule is COCC(OCc1cccc(Cl)c1)C(=O)O. The first-order valence-electron chi connectivity index (χ1n) is 4.71. The van der Waals surface area contributed by atoms with Crippen molar-refractivity contribution < 1.29 is 19.4 Å². The summed E-state index contributed by atoms with van der Waals surface area (Å²) in [5, 5.41) is 9.40. The molecule has 0 heterocycles. The quantitative estimate of drug-likeness (QED) is 0.831. The molecule has 5 heteroatoms. The van der Waals surface area contributed by atoms with Gasteiger partial charge in [0, 0.05) is 12.1 Å². The van der Waals surface area contributed by atoms with E-state index in [1.807, 2.05) is 6.07 Å². The van der Waals surface area contributed by atoms with E-state index >= 15 is 0 Å². The summed E-state index contributed by atoms with van der Waals surface area (Å²) >= 11 is 5.79. The summed E-state index contributed by atoms with van der Waals surface area (Å²) < 4.78 is 9.95. The van der Waals surface area contributed by atoms with Crippen LogP contribution in [0.3, 0.4) is 0 Å². The summed E-state index contributed by atoms with van der Waals surface area (Å²) in [6.07, 6.45) is -0.955. The third-order valence-electron chi connectivity index (χ3n) is 1.93. The average Bonchev–Trinajstić information content (AvgIpc) is 2.24. The third-order valence-corrected chi connectivity index (χ3v) is 2.17. The van der Waals surface area contributed by atoms with E-state index in [9.17, 15) is 4.79 Å². The van der Waals surface area contributed by atoms with Crippen LogP contribution in [0.1, 0.15) is 5.56 Å². The number of rotatable bonds is 6. The first-order valence-corrected chi connectivity index (χ1v) is 5.09. The largest absolute Gasteiger partial charge is 0.479 e. The monoisotopic (exact) mass is 244 g/mol. The Hall–Kier alpha value is -1.10. The zero-order chi connectivity index (χ0) is 12.0. The van der Waals surface area contributed by atoms with Crippen LogP contribution in [0.4, 0.5) is 0 Å². The van der Waals surface area contributed by atoms with Crippen LogP contribution in [0.15, 0.2) is 24.3 Å². The zero-order valence-electron chi connectivity index (χ0n) is 8.85. The Labute approximate surface area is 98.7 Å². The Morgan fingerprint density at radius 3 is 2.88 bits per heavy atom. The second-order valence-electron chi connectivity index (χ2n) is 3.22. The fourth-order valence-electron chi connectivity index (χ4n) is 1.17. The third kappa shape index (κ3) is 4.18. The molecule has 0 aromatic heterocycles. The van der Waals surface area contributed by atoms with Crippen molar-refractivity contribution in [2.45, 2.75) is 12.7 Å². The lowest BCUT2D eigenvalue weighted by Gasteiger charge is -2.12. The molecule has 0 aliphatic carbocycles. The maximum absolute atomic E-state index is 10.7. The van der Waals surface area contributed by atoms with E-state index in [1.165, 1.54) is 7.11 Å². The van der Waals surface area contributed by atoms with Crippen LogP contribution in [-0.2, 0) is 20.9 Å². The van der Waals surface area contributed by atoms with Gasteiger partial charge in [0.05, 0.1) is 13.2 Å². The van der Waals surface area contributed by atoms with Crippen molar-refractivity contribution in [1.29, 1.82) is 0 Å². The first kappa shape index (κ1) is 13.0. The molecule has 0 radical (unpaired) electrons. The highest BCUT2D eigenvalue weighted by atomic mass is 35.5. The molecule has 0 aliphatic rings. The number of aliphatic carboxylic acids is 1. The van der Waals surface area contributed by atoms with Gasteiger partial charge in [-0.1, -0.05) is 23.7 Å². The van der Waals surface area contributed by atoms with E-state index in [2.05, 4.69) is 0 Å². The Morgan fingerprint density at radius 1 is 1.56 bits per heavy atom. The summed E-state index contributed by atoms with van der Waals surface area (Å²) in [4.78, 5) is 10.7. The molecule has 1 aromatic rings. The number of hydrogen-bond acceptors (Lipinski definition) is 3. The molecule has 1 rings (SSSR count). The van der Waals surface area contributed by atoms with Crippen LogP contribution in [0.2, 0.25) is 5.02 Å². The van der Waals surface area contributed by atoms with Gasteiger partial charge in [0.2, 0.25) is 0 Å². The zero-order valence-corrected chi connectivity index (χ0v) is 9.61. The second-order valence-corrected chi connectivity index (χ2v) is 3.66. The molecule has 0 amide bonds. The van der Waals surface area contributed by atoms with Crippen LogP contribution in [0, 0.1) is 0 Å². The molecule has 0 aliphatic heterocycles. The number of hydrogen-bond donors (Lipinski definition) is 1. The van der Waals surface area contributed by atoms with E-state index in [0.29, 0.717) is 5.02 Å². The normalized spacial score (nSPS) is 12.4. The molecule has 1 atom stereocenters. The molecule has 0 saturated heterocycles. The van der Waals surface area contributed by atoms with Gasteiger partial charge in [-0.25, -0.2) is 4.79 Å².